The van der Waals surface area contributed by atoms with E-state index in [0.717, 1.165) is 10.5 Å². The molecule has 0 saturated heterocycles. The summed E-state index contributed by atoms with van der Waals surface area (Å²) in [7, 11) is 0. The second kappa shape index (κ2) is 9.05. The van der Waals surface area contributed by atoms with Gasteiger partial charge in [0.15, 0.2) is 0 Å². The maximum absolute atomic E-state index is 12.9. The topological polar surface area (TPSA) is 49.4 Å². The Balaban J connectivity index is 1.82. The largest absolute Gasteiger partial charge is 0.318 e. The molecule has 0 radical (unpaired) electrons. The molecule has 0 fully saturated rings. The summed E-state index contributed by atoms with van der Waals surface area (Å²) in [6.45, 7) is 0.321. The van der Waals surface area contributed by atoms with Crippen LogP contribution in [0.2, 0.25) is 0 Å². The van der Waals surface area contributed by atoms with Crippen LogP contribution in [-0.4, -0.2) is 18.1 Å². The zero-order chi connectivity index (χ0) is 19.1. The monoisotopic (exact) mass is 376 g/mol. The van der Waals surface area contributed by atoms with Crippen LogP contribution in [-0.2, 0) is 16.1 Å². The van der Waals surface area contributed by atoms with Gasteiger partial charge in [-0.15, -0.1) is 11.8 Å². The molecule has 0 aromatic heterocycles. The second-order valence-electron chi connectivity index (χ2n) is 5.90. The van der Waals surface area contributed by atoms with Crippen LogP contribution in [0.4, 0.5) is 11.4 Å². The highest BCUT2D eigenvalue weighted by Crippen LogP contribution is 2.20. The number of carbonyl (C=O) groups excluding carboxylic acids is 2. The number of rotatable bonds is 5. The zero-order valence-electron chi connectivity index (χ0n) is 15.0. The number of nitrogens with one attached hydrogen (secondary N) is 1. The van der Waals surface area contributed by atoms with Crippen LogP contribution in [0.1, 0.15) is 5.56 Å². The first-order valence-corrected chi connectivity index (χ1v) is 9.76. The molecule has 136 valence electrons. The lowest BCUT2D eigenvalue weighted by molar-refractivity contribution is -0.134. The van der Waals surface area contributed by atoms with Gasteiger partial charge in [-0.05, 0) is 42.2 Å². The van der Waals surface area contributed by atoms with Crippen molar-refractivity contribution in [2.75, 3.05) is 16.5 Å². The highest BCUT2D eigenvalue weighted by molar-refractivity contribution is 7.98. The summed E-state index contributed by atoms with van der Waals surface area (Å²) in [6, 6.07) is 26.3. The predicted octanol–water partition coefficient (Wildman–Crippen LogP) is 4.58. The van der Waals surface area contributed by atoms with Crippen molar-refractivity contribution in [1.82, 2.24) is 0 Å². The van der Waals surface area contributed by atoms with Gasteiger partial charge >= 0.3 is 11.8 Å². The fraction of sp³-hybridized carbons (Fsp3) is 0.0909. The van der Waals surface area contributed by atoms with E-state index in [9.17, 15) is 9.59 Å². The summed E-state index contributed by atoms with van der Waals surface area (Å²) in [5, 5.41) is 2.71. The van der Waals surface area contributed by atoms with Gasteiger partial charge in [0, 0.05) is 16.3 Å². The van der Waals surface area contributed by atoms with Crippen molar-refractivity contribution in [3.05, 3.63) is 90.5 Å². The molecule has 27 heavy (non-hydrogen) atoms. The Morgan fingerprint density at radius 2 is 1.56 bits per heavy atom. The van der Waals surface area contributed by atoms with Gasteiger partial charge in [0.05, 0.1) is 6.54 Å². The SMILES string of the molecule is CSc1cccc(NC(=O)C(=O)N(Cc2ccccc2)c2ccccc2)c1. The third-order valence-corrected chi connectivity index (χ3v) is 4.74. The zero-order valence-corrected chi connectivity index (χ0v) is 15.8. The van der Waals surface area contributed by atoms with E-state index in [0.29, 0.717) is 17.9 Å². The number of anilines is 2. The van der Waals surface area contributed by atoms with Crippen molar-refractivity contribution in [3.8, 4) is 0 Å². The molecule has 2 amide bonds. The summed E-state index contributed by atoms with van der Waals surface area (Å²) in [5.41, 5.74) is 2.24. The van der Waals surface area contributed by atoms with Crippen LogP contribution in [0.5, 0.6) is 0 Å². The van der Waals surface area contributed by atoms with E-state index >= 15 is 0 Å². The third kappa shape index (κ3) is 4.99. The number of para-hydroxylation sites is 1. The van der Waals surface area contributed by atoms with Crippen molar-refractivity contribution in [1.29, 1.82) is 0 Å². The maximum atomic E-state index is 12.9. The van der Waals surface area contributed by atoms with Crippen molar-refractivity contribution < 1.29 is 9.59 Å². The van der Waals surface area contributed by atoms with Gasteiger partial charge in [-0.3, -0.25) is 14.5 Å². The minimum atomic E-state index is -0.659. The summed E-state index contributed by atoms with van der Waals surface area (Å²) in [5.74, 6) is -1.26. The maximum Gasteiger partial charge on any atom is 0.316 e. The van der Waals surface area contributed by atoms with Crippen molar-refractivity contribution >= 4 is 35.0 Å². The molecule has 3 rings (SSSR count). The van der Waals surface area contributed by atoms with Gasteiger partial charge < -0.3 is 5.32 Å². The molecule has 4 nitrogen and oxygen atoms in total. The lowest BCUT2D eigenvalue weighted by atomic mass is 10.2. The van der Waals surface area contributed by atoms with Crippen molar-refractivity contribution in [3.63, 3.8) is 0 Å². The average molecular weight is 376 g/mol. The van der Waals surface area contributed by atoms with E-state index in [1.54, 1.807) is 17.8 Å². The number of nitrogens with zero attached hydrogens (tertiary/aromatic N) is 1. The molecule has 0 unspecified atom stereocenters. The third-order valence-electron chi connectivity index (χ3n) is 4.02. The molecule has 0 heterocycles. The Kier molecular flexibility index (Phi) is 6.28. The number of hydrogen-bond acceptors (Lipinski definition) is 3. The number of amides is 2. The number of hydrogen-bond donors (Lipinski definition) is 1. The van der Waals surface area contributed by atoms with E-state index < -0.39 is 11.8 Å². The first kappa shape index (κ1) is 18.7. The lowest BCUT2D eigenvalue weighted by Gasteiger charge is -2.22. The van der Waals surface area contributed by atoms with Gasteiger partial charge in [-0.1, -0.05) is 54.6 Å². The van der Waals surface area contributed by atoms with Crippen LogP contribution in [0.15, 0.2) is 89.8 Å². The number of benzene rings is 3. The van der Waals surface area contributed by atoms with E-state index in [2.05, 4.69) is 5.32 Å². The predicted molar refractivity (Wildman–Crippen MR) is 111 cm³/mol. The van der Waals surface area contributed by atoms with Crippen LogP contribution in [0.25, 0.3) is 0 Å². The van der Waals surface area contributed by atoms with Gasteiger partial charge in [0.2, 0.25) is 0 Å². The Labute approximate surface area is 163 Å². The summed E-state index contributed by atoms with van der Waals surface area (Å²) >= 11 is 1.58. The summed E-state index contributed by atoms with van der Waals surface area (Å²) in [6.07, 6.45) is 1.96. The van der Waals surface area contributed by atoms with Crippen LogP contribution < -0.4 is 10.2 Å². The molecular formula is C22H20N2O2S. The quantitative estimate of drug-likeness (QED) is 0.524. The molecule has 0 aliphatic heterocycles. The Morgan fingerprint density at radius 3 is 2.22 bits per heavy atom. The highest BCUT2D eigenvalue weighted by atomic mass is 32.2. The van der Waals surface area contributed by atoms with E-state index in [4.69, 9.17) is 0 Å². The molecule has 0 aliphatic carbocycles. The first-order valence-electron chi connectivity index (χ1n) is 8.53. The Hall–Kier alpha value is -3.05. The highest BCUT2D eigenvalue weighted by Gasteiger charge is 2.23. The van der Waals surface area contributed by atoms with E-state index in [-0.39, 0.29) is 0 Å². The van der Waals surface area contributed by atoms with Gasteiger partial charge in [0.1, 0.15) is 0 Å². The molecule has 0 bridgehead atoms. The van der Waals surface area contributed by atoms with Gasteiger partial charge in [0.25, 0.3) is 0 Å². The lowest BCUT2D eigenvalue weighted by Crippen LogP contribution is -2.39. The molecule has 0 spiro atoms. The van der Waals surface area contributed by atoms with Crippen LogP contribution in [0, 0.1) is 0 Å². The average Bonchev–Trinajstić information content (AvgIpc) is 2.73. The van der Waals surface area contributed by atoms with Crippen molar-refractivity contribution in [2.45, 2.75) is 11.4 Å². The molecule has 1 N–H and O–H groups in total. The van der Waals surface area contributed by atoms with Gasteiger partial charge in [-0.2, -0.15) is 0 Å². The molecule has 0 aliphatic rings. The second-order valence-corrected chi connectivity index (χ2v) is 6.78. The smallest absolute Gasteiger partial charge is 0.316 e. The first-order chi connectivity index (χ1) is 13.2. The molecule has 3 aromatic rings. The van der Waals surface area contributed by atoms with E-state index in [1.807, 2.05) is 85.1 Å². The number of carbonyl (C=O) groups is 2. The molecule has 0 saturated carbocycles. The van der Waals surface area contributed by atoms with Crippen LogP contribution >= 0.6 is 11.8 Å². The van der Waals surface area contributed by atoms with E-state index in [1.165, 1.54) is 4.90 Å². The number of thioether (sulfide) groups is 1. The standard InChI is InChI=1S/C22H20N2O2S/c1-27-20-14-8-11-18(15-20)23-21(25)22(26)24(19-12-6-3-7-13-19)16-17-9-4-2-5-10-17/h2-15H,16H2,1H3,(H,23,25). The molecular weight excluding hydrogens is 356 g/mol. The molecule has 0 atom stereocenters. The Morgan fingerprint density at radius 1 is 0.889 bits per heavy atom. The fourth-order valence-corrected chi connectivity index (χ4v) is 3.12. The normalized spacial score (nSPS) is 10.3. The minimum Gasteiger partial charge on any atom is -0.318 e. The Bertz CT molecular complexity index is 914. The summed E-state index contributed by atoms with van der Waals surface area (Å²) < 4.78 is 0. The molecule has 3 aromatic carbocycles. The molecule has 5 heteroatoms. The summed E-state index contributed by atoms with van der Waals surface area (Å²) in [4.78, 5) is 28.0. The fourth-order valence-electron chi connectivity index (χ4n) is 2.66. The van der Waals surface area contributed by atoms with Crippen molar-refractivity contribution in [2.24, 2.45) is 0 Å². The minimum absolute atomic E-state index is 0.321. The van der Waals surface area contributed by atoms with Gasteiger partial charge in [-0.25, -0.2) is 0 Å². The van der Waals surface area contributed by atoms with Crippen LogP contribution in [0.3, 0.4) is 0 Å².